The molecule has 0 fully saturated rings. The van der Waals surface area contributed by atoms with Crippen molar-refractivity contribution in [3.63, 3.8) is 0 Å². The van der Waals surface area contributed by atoms with Gasteiger partial charge in [-0.1, -0.05) is 30.3 Å². The van der Waals surface area contributed by atoms with Crippen molar-refractivity contribution in [2.45, 2.75) is 33.7 Å². The molecule has 1 heterocycles. The second-order valence-corrected chi connectivity index (χ2v) is 6.99. The van der Waals surface area contributed by atoms with Crippen LogP contribution in [0.3, 0.4) is 0 Å². The van der Waals surface area contributed by atoms with Gasteiger partial charge < -0.3 is 15.4 Å². The van der Waals surface area contributed by atoms with Gasteiger partial charge in [-0.2, -0.15) is 0 Å². The molecule has 1 aromatic heterocycles. The summed E-state index contributed by atoms with van der Waals surface area (Å²) in [6.07, 6.45) is 0. The fourth-order valence-electron chi connectivity index (χ4n) is 2.44. The Morgan fingerprint density at radius 1 is 1.20 bits per heavy atom. The minimum atomic E-state index is -0.398. The number of hydrogen-bond acceptors (Lipinski definition) is 5. The van der Waals surface area contributed by atoms with E-state index in [4.69, 9.17) is 4.74 Å². The Kier molecular flexibility index (Phi) is 6.73. The molecular weight excluding hydrogens is 336 g/mol. The number of rotatable bonds is 7. The van der Waals surface area contributed by atoms with Crippen LogP contribution in [-0.4, -0.2) is 25.0 Å². The van der Waals surface area contributed by atoms with Crippen LogP contribution in [-0.2, 0) is 9.53 Å². The minimum Gasteiger partial charge on any atom is -0.462 e. The first-order valence-electron chi connectivity index (χ1n) is 8.29. The van der Waals surface area contributed by atoms with Gasteiger partial charge >= 0.3 is 5.97 Å². The molecule has 2 N–H and O–H groups in total. The molecule has 1 atom stereocenters. The second-order valence-electron chi connectivity index (χ2n) is 5.77. The quantitative estimate of drug-likeness (QED) is 0.737. The summed E-state index contributed by atoms with van der Waals surface area (Å²) in [6, 6.07) is 9.98. The molecule has 0 aliphatic heterocycles. The van der Waals surface area contributed by atoms with Gasteiger partial charge in [0.2, 0.25) is 5.91 Å². The van der Waals surface area contributed by atoms with Gasteiger partial charge in [0, 0.05) is 10.9 Å². The Balaban J connectivity index is 2.01. The number of carbonyl (C=O) groups excluding carboxylic acids is 2. The molecule has 0 spiro atoms. The molecule has 0 aliphatic carbocycles. The number of thiophene rings is 1. The molecule has 0 saturated carbocycles. The van der Waals surface area contributed by atoms with E-state index in [2.05, 4.69) is 10.6 Å². The summed E-state index contributed by atoms with van der Waals surface area (Å²) in [5, 5.41) is 6.57. The lowest BCUT2D eigenvalue weighted by Crippen LogP contribution is -2.30. The van der Waals surface area contributed by atoms with Crippen LogP contribution >= 0.6 is 11.3 Å². The molecule has 0 aliphatic rings. The average Bonchev–Trinajstić information content (AvgIpc) is 2.87. The number of nitrogens with one attached hydrogen (secondary N) is 2. The predicted octanol–water partition coefficient (Wildman–Crippen LogP) is 3.83. The van der Waals surface area contributed by atoms with E-state index in [0.717, 1.165) is 16.0 Å². The summed E-state index contributed by atoms with van der Waals surface area (Å²) in [7, 11) is 0. The van der Waals surface area contributed by atoms with Crippen molar-refractivity contribution in [1.82, 2.24) is 5.32 Å². The van der Waals surface area contributed by atoms with Crippen molar-refractivity contribution < 1.29 is 14.3 Å². The SMILES string of the molecule is CCOC(=O)c1c(NC(=O)CNC(C)c2ccccc2)sc(C)c1C. The summed E-state index contributed by atoms with van der Waals surface area (Å²) >= 11 is 1.39. The highest BCUT2D eigenvalue weighted by Gasteiger charge is 2.22. The van der Waals surface area contributed by atoms with Crippen LogP contribution in [0, 0.1) is 13.8 Å². The first kappa shape index (κ1) is 19.1. The number of ether oxygens (including phenoxy) is 1. The number of hydrogen-bond donors (Lipinski definition) is 2. The Hall–Kier alpha value is -2.18. The number of esters is 1. The van der Waals surface area contributed by atoms with Crippen molar-refractivity contribution in [2.24, 2.45) is 0 Å². The maximum absolute atomic E-state index is 12.3. The van der Waals surface area contributed by atoms with Gasteiger partial charge in [-0.15, -0.1) is 11.3 Å². The molecule has 134 valence electrons. The van der Waals surface area contributed by atoms with Gasteiger partial charge in [-0.05, 0) is 38.8 Å². The average molecular weight is 360 g/mol. The highest BCUT2D eigenvalue weighted by molar-refractivity contribution is 7.16. The largest absolute Gasteiger partial charge is 0.462 e. The summed E-state index contributed by atoms with van der Waals surface area (Å²) in [4.78, 5) is 25.4. The molecule has 25 heavy (non-hydrogen) atoms. The van der Waals surface area contributed by atoms with E-state index in [1.807, 2.05) is 51.1 Å². The molecule has 1 aromatic carbocycles. The summed E-state index contributed by atoms with van der Waals surface area (Å²) in [5.41, 5.74) is 2.42. The zero-order valence-electron chi connectivity index (χ0n) is 15.0. The molecule has 6 heteroatoms. The Bertz CT molecular complexity index is 741. The van der Waals surface area contributed by atoms with E-state index in [0.29, 0.717) is 17.2 Å². The number of aryl methyl sites for hydroxylation is 1. The highest BCUT2D eigenvalue weighted by atomic mass is 32.1. The third-order valence-electron chi connectivity index (χ3n) is 3.99. The maximum atomic E-state index is 12.3. The van der Waals surface area contributed by atoms with E-state index in [1.54, 1.807) is 6.92 Å². The highest BCUT2D eigenvalue weighted by Crippen LogP contribution is 2.33. The van der Waals surface area contributed by atoms with Crippen LogP contribution in [0.5, 0.6) is 0 Å². The van der Waals surface area contributed by atoms with E-state index >= 15 is 0 Å². The summed E-state index contributed by atoms with van der Waals surface area (Å²) < 4.78 is 5.10. The van der Waals surface area contributed by atoms with Crippen LogP contribution < -0.4 is 10.6 Å². The lowest BCUT2D eigenvalue weighted by molar-refractivity contribution is -0.115. The molecular formula is C19H24N2O3S. The van der Waals surface area contributed by atoms with Crippen molar-refractivity contribution >= 4 is 28.2 Å². The van der Waals surface area contributed by atoms with Crippen LogP contribution in [0.15, 0.2) is 30.3 Å². The van der Waals surface area contributed by atoms with Gasteiger partial charge in [0.1, 0.15) is 5.00 Å². The lowest BCUT2D eigenvalue weighted by atomic mass is 10.1. The van der Waals surface area contributed by atoms with Crippen LogP contribution in [0.2, 0.25) is 0 Å². The topological polar surface area (TPSA) is 67.4 Å². The first-order chi connectivity index (χ1) is 11.9. The number of benzene rings is 1. The Morgan fingerprint density at radius 3 is 2.52 bits per heavy atom. The predicted molar refractivity (Wildman–Crippen MR) is 101 cm³/mol. The van der Waals surface area contributed by atoms with E-state index in [-0.39, 0.29) is 18.5 Å². The third-order valence-corrected chi connectivity index (χ3v) is 5.11. The summed E-state index contributed by atoms with van der Waals surface area (Å²) in [6.45, 7) is 8.02. The standard InChI is InChI=1S/C19H24N2O3S/c1-5-24-19(23)17-12(2)14(4)25-18(17)21-16(22)11-20-13(3)15-9-7-6-8-10-15/h6-10,13,20H,5,11H2,1-4H3,(H,21,22). The molecule has 1 unspecified atom stereocenters. The normalized spacial score (nSPS) is 11.8. The molecule has 5 nitrogen and oxygen atoms in total. The lowest BCUT2D eigenvalue weighted by Gasteiger charge is -2.14. The van der Waals surface area contributed by atoms with Gasteiger partial charge in [-0.3, -0.25) is 4.79 Å². The molecule has 2 aromatic rings. The van der Waals surface area contributed by atoms with E-state index < -0.39 is 5.97 Å². The fraction of sp³-hybridized carbons (Fsp3) is 0.368. The monoisotopic (exact) mass is 360 g/mol. The van der Waals surface area contributed by atoms with Crippen molar-refractivity contribution in [2.75, 3.05) is 18.5 Å². The second kappa shape index (κ2) is 8.78. The number of anilines is 1. The third kappa shape index (κ3) is 4.90. The minimum absolute atomic E-state index is 0.0586. The van der Waals surface area contributed by atoms with Crippen molar-refractivity contribution in [3.05, 3.63) is 51.9 Å². The number of carbonyl (C=O) groups is 2. The van der Waals surface area contributed by atoms with Gasteiger partial charge in [0.25, 0.3) is 0 Å². The Morgan fingerprint density at radius 2 is 1.88 bits per heavy atom. The fourth-order valence-corrected chi connectivity index (χ4v) is 3.50. The molecule has 0 saturated heterocycles. The maximum Gasteiger partial charge on any atom is 0.341 e. The zero-order chi connectivity index (χ0) is 18.4. The van der Waals surface area contributed by atoms with Gasteiger partial charge in [0.15, 0.2) is 0 Å². The van der Waals surface area contributed by atoms with Gasteiger partial charge in [0.05, 0.1) is 18.7 Å². The first-order valence-corrected chi connectivity index (χ1v) is 9.11. The molecule has 0 radical (unpaired) electrons. The summed E-state index contributed by atoms with van der Waals surface area (Å²) in [5.74, 6) is -0.583. The van der Waals surface area contributed by atoms with Crippen LogP contribution in [0.25, 0.3) is 0 Å². The van der Waals surface area contributed by atoms with E-state index in [1.165, 1.54) is 11.3 Å². The van der Waals surface area contributed by atoms with Crippen LogP contribution in [0.4, 0.5) is 5.00 Å². The molecule has 2 rings (SSSR count). The van der Waals surface area contributed by atoms with Crippen LogP contribution in [0.1, 0.15) is 46.3 Å². The van der Waals surface area contributed by atoms with E-state index in [9.17, 15) is 9.59 Å². The van der Waals surface area contributed by atoms with Crippen molar-refractivity contribution in [3.8, 4) is 0 Å². The zero-order valence-corrected chi connectivity index (χ0v) is 15.8. The smallest absolute Gasteiger partial charge is 0.341 e. The molecule has 1 amide bonds. The number of amides is 1. The molecule has 0 bridgehead atoms. The van der Waals surface area contributed by atoms with Gasteiger partial charge in [-0.25, -0.2) is 4.79 Å². The van der Waals surface area contributed by atoms with Crippen molar-refractivity contribution in [1.29, 1.82) is 0 Å². The Labute approximate surface area is 152 Å².